The molecule has 0 unspecified atom stereocenters. The summed E-state index contributed by atoms with van der Waals surface area (Å²) in [5.41, 5.74) is 5.75. The van der Waals surface area contributed by atoms with Crippen LogP contribution in [0.3, 0.4) is 0 Å². The van der Waals surface area contributed by atoms with Gasteiger partial charge in [0.15, 0.2) is 0 Å². The van der Waals surface area contributed by atoms with E-state index in [1.165, 1.54) is 25.3 Å². The van der Waals surface area contributed by atoms with Gasteiger partial charge < -0.3 is 25.4 Å². The zero-order valence-corrected chi connectivity index (χ0v) is 18.3. The first-order valence-corrected chi connectivity index (χ1v) is 11.3. The molecule has 1 heterocycles. The van der Waals surface area contributed by atoms with Gasteiger partial charge in [0.25, 0.3) is 0 Å². The van der Waals surface area contributed by atoms with Gasteiger partial charge in [0.2, 0.25) is 5.91 Å². The second-order valence-electron chi connectivity index (χ2n) is 8.58. The summed E-state index contributed by atoms with van der Waals surface area (Å²) in [6, 6.07) is 4.94. The summed E-state index contributed by atoms with van der Waals surface area (Å²) in [7, 11) is 0. The summed E-state index contributed by atoms with van der Waals surface area (Å²) in [5, 5.41) is 8.91. The topological polar surface area (TPSA) is 96.1 Å². The number of nitrogens with two attached hydrogens (primary N) is 1. The van der Waals surface area contributed by atoms with Crippen molar-refractivity contribution in [3.63, 3.8) is 0 Å². The number of halogens is 1. The van der Waals surface area contributed by atoms with Crippen molar-refractivity contribution in [1.82, 2.24) is 4.90 Å². The predicted octanol–water partition coefficient (Wildman–Crippen LogP) is 2.93. The van der Waals surface area contributed by atoms with Gasteiger partial charge in [0, 0.05) is 37.4 Å². The standard InChI is InChI=1S/C17H22FN3O3.C6H12O/c1-2-24-16(23)21-9-7-20(8-10-21)12-3-4-13(14(18)11-12)17(5-6-17)15(19)22;7-6-4-2-1-3-5-6/h3-4,11H,2,5-10H2,1H3,(H2,19,22);6-7H,1-5H2. The van der Waals surface area contributed by atoms with Gasteiger partial charge in [-0.25, -0.2) is 9.18 Å². The number of primary amides is 1. The average Bonchev–Trinajstić information content (AvgIpc) is 3.57. The molecule has 4 rings (SSSR count). The number of rotatable bonds is 4. The van der Waals surface area contributed by atoms with Crippen molar-refractivity contribution in [1.29, 1.82) is 0 Å². The highest BCUT2D eigenvalue weighted by atomic mass is 19.1. The van der Waals surface area contributed by atoms with Crippen molar-refractivity contribution in [2.45, 2.75) is 63.4 Å². The Morgan fingerprint density at radius 2 is 1.81 bits per heavy atom. The van der Waals surface area contributed by atoms with E-state index >= 15 is 0 Å². The second kappa shape index (κ2) is 10.3. The van der Waals surface area contributed by atoms with Crippen LogP contribution in [0.5, 0.6) is 0 Å². The molecule has 2 aliphatic carbocycles. The molecule has 0 atom stereocenters. The number of hydrogen-bond donors (Lipinski definition) is 2. The quantitative estimate of drug-likeness (QED) is 0.758. The number of ether oxygens (including phenoxy) is 1. The van der Waals surface area contributed by atoms with Gasteiger partial charge in [-0.15, -0.1) is 0 Å². The molecule has 1 aromatic carbocycles. The SMILES string of the molecule is CCOC(=O)N1CCN(c2ccc(C3(C(N)=O)CC3)c(F)c2)CC1.OC1CCCCC1. The number of carbonyl (C=O) groups is 2. The van der Waals surface area contributed by atoms with Crippen LogP contribution in [-0.4, -0.2) is 60.9 Å². The van der Waals surface area contributed by atoms with Gasteiger partial charge in [-0.1, -0.05) is 25.3 Å². The van der Waals surface area contributed by atoms with Gasteiger partial charge in [0.1, 0.15) is 5.82 Å². The Hall–Kier alpha value is -2.35. The molecule has 7 nitrogen and oxygen atoms in total. The predicted molar refractivity (Wildman–Crippen MR) is 116 cm³/mol. The molecule has 3 aliphatic rings. The van der Waals surface area contributed by atoms with E-state index in [9.17, 15) is 14.0 Å². The molecule has 0 aromatic heterocycles. The normalized spacial score (nSPS) is 20.5. The first-order valence-electron chi connectivity index (χ1n) is 11.3. The minimum atomic E-state index is -0.814. The lowest BCUT2D eigenvalue weighted by molar-refractivity contribution is -0.120. The number of carbonyl (C=O) groups excluding carboxylic acids is 2. The molecule has 1 aliphatic heterocycles. The smallest absolute Gasteiger partial charge is 0.409 e. The number of piperazine rings is 1. The zero-order chi connectivity index (χ0) is 22.4. The van der Waals surface area contributed by atoms with Gasteiger partial charge in [-0.05, 0) is 44.7 Å². The lowest BCUT2D eigenvalue weighted by Gasteiger charge is -2.35. The van der Waals surface area contributed by atoms with E-state index in [-0.39, 0.29) is 12.2 Å². The highest BCUT2D eigenvalue weighted by molar-refractivity contribution is 5.90. The first kappa shape index (κ1) is 23.3. The van der Waals surface area contributed by atoms with Gasteiger partial charge in [0.05, 0.1) is 18.1 Å². The fourth-order valence-electron chi connectivity index (χ4n) is 4.31. The summed E-state index contributed by atoms with van der Waals surface area (Å²) < 4.78 is 19.5. The highest BCUT2D eigenvalue weighted by Crippen LogP contribution is 2.49. The van der Waals surface area contributed by atoms with Crippen LogP contribution in [0.2, 0.25) is 0 Å². The van der Waals surface area contributed by atoms with Gasteiger partial charge >= 0.3 is 6.09 Å². The number of anilines is 1. The molecule has 1 saturated heterocycles. The first-order chi connectivity index (χ1) is 14.9. The van der Waals surface area contributed by atoms with Gasteiger partial charge in [-0.2, -0.15) is 0 Å². The van der Waals surface area contributed by atoms with Crippen molar-refractivity contribution in [3.05, 3.63) is 29.6 Å². The van der Waals surface area contributed by atoms with Crippen LogP contribution in [0.4, 0.5) is 14.9 Å². The van der Waals surface area contributed by atoms with Crippen LogP contribution < -0.4 is 10.6 Å². The fraction of sp³-hybridized carbons (Fsp3) is 0.652. The van der Waals surface area contributed by atoms with Gasteiger partial charge in [-0.3, -0.25) is 4.79 Å². The number of nitrogens with zero attached hydrogens (tertiary/aromatic N) is 2. The Bertz CT molecular complexity index is 770. The largest absolute Gasteiger partial charge is 0.450 e. The van der Waals surface area contributed by atoms with Crippen LogP contribution >= 0.6 is 0 Å². The lowest BCUT2D eigenvalue weighted by atomic mass is 9.94. The van der Waals surface area contributed by atoms with Crippen molar-refractivity contribution >= 4 is 17.7 Å². The van der Waals surface area contributed by atoms with Crippen LogP contribution in [0.15, 0.2) is 18.2 Å². The minimum Gasteiger partial charge on any atom is -0.450 e. The molecule has 2 saturated carbocycles. The number of hydrogen-bond acceptors (Lipinski definition) is 5. The van der Waals surface area contributed by atoms with Crippen LogP contribution in [0.25, 0.3) is 0 Å². The van der Waals surface area contributed by atoms with E-state index in [0.29, 0.717) is 51.2 Å². The molecule has 0 radical (unpaired) electrons. The Labute approximate surface area is 183 Å². The molecule has 3 N–H and O–H groups in total. The number of amides is 2. The molecule has 172 valence electrons. The van der Waals surface area contributed by atoms with E-state index in [0.717, 1.165) is 18.5 Å². The Kier molecular flexibility index (Phi) is 7.75. The number of aliphatic hydroxyl groups is 1. The van der Waals surface area contributed by atoms with E-state index in [1.807, 2.05) is 11.0 Å². The van der Waals surface area contributed by atoms with Crippen LogP contribution in [-0.2, 0) is 14.9 Å². The van der Waals surface area contributed by atoms with Crippen molar-refractivity contribution in [2.75, 3.05) is 37.7 Å². The van der Waals surface area contributed by atoms with E-state index < -0.39 is 17.1 Å². The maximum Gasteiger partial charge on any atom is 0.409 e. The molecule has 0 bridgehead atoms. The third kappa shape index (κ3) is 5.67. The van der Waals surface area contributed by atoms with E-state index in [4.69, 9.17) is 15.6 Å². The number of benzene rings is 1. The highest BCUT2D eigenvalue weighted by Gasteiger charge is 2.51. The Morgan fingerprint density at radius 3 is 2.26 bits per heavy atom. The molecule has 8 heteroatoms. The summed E-state index contributed by atoms with van der Waals surface area (Å²) in [5.74, 6) is -0.853. The second-order valence-corrected chi connectivity index (χ2v) is 8.58. The maximum atomic E-state index is 14.5. The van der Waals surface area contributed by atoms with Crippen LogP contribution in [0.1, 0.15) is 57.4 Å². The average molecular weight is 436 g/mol. The molecule has 31 heavy (non-hydrogen) atoms. The Morgan fingerprint density at radius 1 is 1.16 bits per heavy atom. The molecular formula is C23H34FN3O4. The summed E-state index contributed by atoms with van der Waals surface area (Å²) >= 11 is 0. The van der Waals surface area contributed by atoms with Crippen molar-refractivity contribution < 1.29 is 23.8 Å². The summed E-state index contributed by atoms with van der Waals surface area (Å²) in [6.07, 6.45) is 6.83. The molecular weight excluding hydrogens is 401 g/mol. The van der Waals surface area contributed by atoms with E-state index in [2.05, 4.69) is 0 Å². The zero-order valence-electron chi connectivity index (χ0n) is 18.3. The fourth-order valence-corrected chi connectivity index (χ4v) is 4.31. The van der Waals surface area contributed by atoms with Crippen molar-refractivity contribution in [2.24, 2.45) is 5.73 Å². The molecule has 0 spiro atoms. The van der Waals surface area contributed by atoms with Crippen LogP contribution in [0, 0.1) is 5.82 Å². The molecule has 3 fully saturated rings. The molecule has 2 amide bonds. The monoisotopic (exact) mass is 435 g/mol. The maximum absolute atomic E-state index is 14.5. The Balaban J connectivity index is 0.000000330. The van der Waals surface area contributed by atoms with Crippen molar-refractivity contribution in [3.8, 4) is 0 Å². The lowest BCUT2D eigenvalue weighted by Crippen LogP contribution is -2.49. The minimum absolute atomic E-state index is 0.0359. The summed E-state index contributed by atoms with van der Waals surface area (Å²) in [4.78, 5) is 26.9. The third-order valence-electron chi connectivity index (χ3n) is 6.44. The molecule has 1 aromatic rings. The number of aliphatic hydroxyl groups excluding tert-OH is 1. The van der Waals surface area contributed by atoms with E-state index in [1.54, 1.807) is 17.9 Å². The third-order valence-corrected chi connectivity index (χ3v) is 6.44. The summed E-state index contributed by atoms with van der Waals surface area (Å²) in [6.45, 7) is 4.42.